The fourth-order valence-electron chi connectivity index (χ4n) is 5.35. The first-order chi connectivity index (χ1) is 17.1. The molecular weight excluding hydrogens is 444 g/mol. The number of amides is 2. The normalized spacial score (nSPS) is 23.4. The van der Waals surface area contributed by atoms with E-state index >= 15 is 0 Å². The Morgan fingerprint density at radius 2 is 1.97 bits per heavy atom. The van der Waals surface area contributed by atoms with E-state index in [0.29, 0.717) is 49.9 Å². The maximum absolute atomic E-state index is 13.6. The molecule has 5 rings (SSSR count). The van der Waals surface area contributed by atoms with Gasteiger partial charge in [-0.2, -0.15) is 4.98 Å². The molecule has 1 N–H and O–H groups in total. The molecule has 3 heterocycles. The molecule has 0 bridgehead atoms. The van der Waals surface area contributed by atoms with Crippen molar-refractivity contribution in [2.75, 3.05) is 13.1 Å². The van der Waals surface area contributed by atoms with Crippen LogP contribution in [0.3, 0.4) is 0 Å². The van der Waals surface area contributed by atoms with E-state index in [-0.39, 0.29) is 29.7 Å². The first kappa shape index (κ1) is 23.3. The van der Waals surface area contributed by atoms with Gasteiger partial charge in [0.25, 0.3) is 5.91 Å². The predicted octanol–water partition coefficient (Wildman–Crippen LogP) is 3.09. The number of aryl methyl sites for hydroxylation is 1. The second-order valence-electron chi connectivity index (χ2n) is 9.62. The molecule has 184 valence electrons. The maximum Gasteiger partial charge on any atom is 0.290 e. The lowest BCUT2D eigenvalue weighted by molar-refractivity contribution is -0.126. The molecule has 2 fully saturated rings. The van der Waals surface area contributed by atoms with Crippen LogP contribution < -0.4 is 5.32 Å². The Bertz CT molecular complexity index is 1160. The third-order valence-corrected chi connectivity index (χ3v) is 7.20. The van der Waals surface area contributed by atoms with E-state index in [1.165, 1.54) is 0 Å². The predicted molar refractivity (Wildman–Crippen MR) is 129 cm³/mol. The summed E-state index contributed by atoms with van der Waals surface area (Å²) in [5.41, 5.74) is 1.11. The summed E-state index contributed by atoms with van der Waals surface area (Å²) in [6.45, 7) is 1.28. The van der Waals surface area contributed by atoms with E-state index in [1.807, 2.05) is 42.3 Å². The molecule has 1 aromatic carbocycles. The summed E-state index contributed by atoms with van der Waals surface area (Å²) < 4.78 is 7.41. The standard InChI is InChI=1S/C26H32N6O3/c1-31-14-12-27-23(31)26(34)32-13-8-3-2-7-11-28-24(33)20-16-19(17-21(20)32)25-29-22(30-35-25)15-18-9-5-4-6-10-18/h4-6,9-10,12,14,19-21H,2-3,7-8,11,13,15-17H2,1H3,(H,28,33). The van der Waals surface area contributed by atoms with Gasteiger partial charge in [-0.1, -0.05) is 48.3 Å². The van der Waals surface area contributed by atoms with Crippen LogP contribution in [-0.2, 0) is 18.3 Å². The van der Waals surface area contributed by atoms with Gasteiger partial charge in [0, 0.05) is 50.9 Å². The highest BCUT2D eigenvalue weighted by atomic mass is 16.5. The Morgan fingerprint density at radius 1 is 1.14 bits per heavy atom. The van der Waals surface area contributed by atoms with Crippen molar-refractivity contribution in [3.05, 3.63) is 65.8 Å². The number of rotatable bonds is 4. The topological polar surface area (TPSA) is 106 Å². The van der Waals surface area contributed by atoms with Crippen molar-refractivity contribution in [3.63, 3.8) is 0 Å². The second kappa shape index (κ2) is 10.4. The van der Waals surface area contributed by atoms with Gasteiger partial charge in [-0.15, -0.1) is 0 Å². The Balaban J connectivity index is 1.40. The number of nitrogens with one attached hydrogen (secondary N) is 1. The molecule has 3 aromatic rings. The van der Waals surface area contributed by atoms with Crippen molar-refractivity contribution in [2.45, 2.75) is 56.9 Å². The van der Waals surface area contributed by atoms with E-state index in [0.717, 1.165) is 31.2 Å². The quantitative estimate of drug-likeness (QED) is 0.620. The van der Waals surface area contributed by atoms with Gasteiger partial charge in [0.05, 0.1) is 5.92 Å². The van der Waals surface area contributed by atoms with Crippen LogP contribution in [0, 0.1) is 5.92 Å². The highest BCUT2D eigenvalue weighted by Crippen LogP contribution is 2.41. The van der Waals surface area contributed by atoms with E-state index in [4.69, 9.17) is 4.52 Å². The number of fused-ring (bicyclic) bond motifs is 1. The second-order valence-corrected chi connectivity index (χ2v) is 9.62. The van der Waals surface area contributed by atoms with Gasteiger partial charge in [-0.3, -0.25) is 9.59 Å². The lowest BCUT2D eigenvalue weighted by atomic mass is 10.00. The number of benzene rings is 1. The molecule has 9 heteroatoms. The zero-order valence-electron chi connectivity index (χ0n) is 20.1. The number of imidazole rings is 1. The number of carbonyl (C=O) groups excluding carboxylic acids is 2. The van der Waals surface area contributed by atoms with Crippen molar-refractivity contribution in [1.29, 1.82) is 0 Å². The zero-order valence-corrected chi connectivity index (χ0v) is 20.1. The highest BCUT2D eigenvalue weighted by Gasteiger charge is 2.46. The van der Waals surface area contributed by atoms with Crippen molar-refractivity contribution in [2.24, 2.45) is 13.0 Å². The van der Waals surface area contributed by atoms with Crippen LogP contribution in [0.4, 0.5) is 0 Å². The Kier molecular flexibility index (Phi) is 6.92. The third-order valence-electron chi connectivity index (χ3n) is 7.20. The molecule has 0 radical (unpaired) electrons. The summed E-state index contributed by atoms with van der Waals surface area (Å²) >= 11 is 0. The van der Waals surface area contributed by atoms with Gasteiger partial charge in [0.15, 0.2) is 11.6 Å². The van der Waals surface area contributed by atoms with Crippen LogP contribution in [-0.4, -0.2) is 55.5 Å². The van der Waals surface area contributed by atoms with Gasteiger partial charge in [-0.25, -0.2) is 4.98 Å². The number of hydrogen-bond donors (Lipinski definition) is 1. The number of carbonyl (C=O) groups is 2. The van der Waals surface area contributed by atoms with Crippen LogP contribution in [0.15, 0.2) is 47.2 Å². The van der Waals surface area contributed by atoms with Gasteiger partial charge in [0.1, 0.15) is 0 Å². The average Bonchev–Trinajstić information content (AvgIpc) is 3.60. The number of hydrogen-bond acceptors (Lipinski definition) is 6. The van der Waals surface area contributed by atoms with Gasteiger partial charge < -0.3 is 19.3 Å². The lowest BCUT2D eigenvalue weighted by Gasteiger charge is -2.32. The molecule has 0 spiro atoms. The average molecular weight is 477 g/mol. The number of aromatic nitrogens is 4. The molecule has 3 atom stereocenters. The van der Waals surface area contributed by atoms with Crippen molar-refractivity contribution in [3.8, 4) is 0 Å². The smallest absolute Gasteiger partial charge is 0.290 e. The minimum atomic E-state index is -0.327. The van der Waals surface area contributed by atoms with Gasteiger partial charge in [-0.05, 0) is 31.2 Å². The summed E-state index contributed by atoms with van der Waals surface area (Å²) in [6, 6.07) is 9.78. The molecule has 3 unspecified atom stereocenters. The third kappa shape index (κ3) is 5.13. The largest absolute Gasteiger partial charge is 0.356 e. The molecule has 2 aliphatic rings. The first-order valence-electron chi connectivity index (χ1n) is 12.5. The van der Waals surface area contributed by atoms with Crippen LogP contribution >= 0.6 is 0 Å². The first-order valence-corrected chi connectivity index (χ1v) is 12.5. The summed E-state index contributed by atoms with van der Waals surface area (Å²) in [6.07, 6.45) is 9.10. The number of nitrogens with zero attached hydrogens (tertiary/aromatic N) is 5. The molecular formula is C26H32N6O3. The Labute approximate surface area is 204 Å². The van der Waals surface area contributed by atoms with Crippen LogP contribution in [0.25, 0.3) is 0 Å². The summed E-state index contributed by atoms with van der Waals surface area (Å²) in [5, 5.41) is 7.30. The molecule has 1 saturated heterocycles. The summed E-state index contributed by atoms with van der Waals surface area (Å²) in [5.74, 6) is 1.04. The Morgan fingerprint density at radius 3 is 2.77 bits per heavy atom. The zero-order chi connectivity index (χ0) is 24.2. The van der Waals surface area contributed by atoms with Crippen LogP contribution in [0.5, 0.6) is 0 Å². The minimum absolute atomic E-state index is 0.000986. The molecule has 1 aliphatic carbocycles. The molecule has 9 nitrogen and oxygen atoms in total. The van der Waals surface area contributed by atoms with Crippen molar-refractivity contribution in [1.82, 2.24) is 29.9 Å². The maximum atomic E-state index is 13.6. The lowest BCUT2D eigenvalue weighted by Crippen LogP contribution is -2.48. The van der Waals surface area contributed by atoms with Crippen LogP contribution in [0.2, 0.25) is 0 Å². The minimum Gasteiger partial charge on any atom is -0.356 e. The highest BCUT2D eigenvalue weighted by molar-refractivity contribution is 5.92. The van der Waals surface area contributed by atoms with E-state index < -0.39 is 0 Å². The summed E-state index contributed by atoms with van der Waals surface area (Å²) in [4.78, 5) is 37.7. The fourth-order valence-corrected chi connectivity index (χ4v) is 5.35. The van der Waals surface area contributed by atoms with E-state index in [2.05, 4.69) is 20.4 Å². The molecule has 35 heavy (non-hydrogen) atoms. The van der Waals surface area contributed by atoms with Crippen molar-refractivity contribution < 1.29 is 14.1 Å². The fraction of sp³-hybridized carbons (Fsp3) is 0.500. The summed E-state index contributed by atoms with van der Waals surface area (Å²) in [7, 11) is 1.82. The van der Waals surface area contributed by atoms with Crippen LogP contribution in [0.1, 0.15) is 72.3 Å². The van der Waals surface area contributed by atoms with Gasteiger partial charge >= 0.3 is 0 Å². The van der Waals surface area contributed by atoms with E-state index in [9.17, 15) is 9.59 Å². The molecule has 1 aliphatic heterocycles. The van der Waals surface area contributed by atoms with E-state index in [1.54, 1.807) is 17.0 Å². The molecule has 1 saturated carbocycles. The SMILES string of the molecule is Cn1ccnc1C(=O)N1CCCCCCNC(=O)C2CC(c3nc(Cc4ccccc4)no3)CC21. The molecule has 2 amide bonds. The van der Waals surface area contributed by atoms with Gasteiger partial charge in [0.2, 0.25) is 11.8 Å². The Hall–Kier alpha value is -3.49. The molecule has 2 aromatic heterocycles. The van der Waals surface area contributed by atoms with Crippen molar-refractivity contribution >= 4 is 11.8 Å². The monoisotopic (exact) mass is 476 g/mol.